The van der Waals surface area contributed by atoms with Gasteiger partial charge in [-0.15, -0.1) is 17.0 Å². The number of rotatable bonds is 3. The number of halogens is 2. The molecule has 1 heterocycles. The minimum atomic E-state index is 0. The first-order valence-electron chi connectivity index (χ1n) is 7.65. The van der Waals surface area contributed by atoms with E-state index < -0.39 is 0 Å². The highest BCUT2D eigenvalue weighted by atomic mass is 79.9. The Kier molecular flexibility index (Phi) is 6.84. The fourth-order valence-corrected chi connectivity index (χ4v) is 4.04. The molecule has 0 radical (unpaired) electrons. The fourth-order valence-electron chi connectivity index (χ4n) is 2.74. The lowest BCUT2D eigenvalue weighted by Crippen LogP contribution is -2.43. The molecule has 2 nitrogen and oxygen atoms in total. The molecule has 5 heteroatoms. The summed E-state index contributed by atoms with van der Waals surface area (Å²) in [7, 11) is 0. The zero-order valence-corrected chi connectivity index (χ0v) is 16.7. The highest BCUT2D eigenvalue weighted by molar-refractivity contribution is 8.93. The summed E-state index contributed by atoms with van der Waals surface area (Å²) in [6.07, 6.45) is 0. The largest absolute Gasteiger partial charge is 0.368 e. The molecule has 0 bridgehead atoms. The van der Waals surface area contributed by atoms with Crippen LogP contribution < -0.4 is 10.2 Å². The summed E-state index contributed by atoms with van der Waals surface area (Å²) in [6.45, 7) is 8.38. The Morgan fingerprint density at radius 1 is 1.00 bits per heavy atom. The first-order valence-corrected chi connectivity index (χ1v) is 8.84. The van der Waals surface area contributed by atoms with Crippen molar-refractivity contribution in [3.05, 3.63) is 52.5 Å². The van der Waals surface area contributed by atoms with Gasteiger partial charge in [0.05, 0.1) is 5.69 Å². The molecule has 23 heavy (non-hydrogen) atoms. The lowest BCUT2D eigenvalue weighted by atomic mass is 10.1. The highest BCUT2D eigenvalue weighted by Crippen LogP contribution is 2.39. The van der Waals surface area contributed by atoms with Gasteiger partial charge in [-0.2, -0.15) is 0 Å². The van der Waals surface area contributed by atoms with E-state index in [2.05, 4.69) is 60.5 Å². The van der Waals surface area contributed by atoms with Gasteiger partial charge in [-0.05, 0) is 43.2 Å². The molecule has 0 aromatic heterocycles. The van der Waals surface area contributed by atoms with Crippen LogP contribution in [0.4, 0.5) is 5.69 Å². The molecule has 1 N–H and O–H groups in total. The van der Waals surface area contributed by atoms with E-state index in [1.165, 1.54) is 21.0 Å². The van der Waals surface area contributed by atoms with E-state index in [1.807, 2.05) is 11.8 Å². The highest BCUT2D eigenvalue weighted by Gasteiger charge is 2.15. The Morgan fingerprint density at radius 3 is 2.43 bits per heavy atom. The van der Waals surface area contributed by atoms with Crippen molar-refractivity contribution in [3.63, 3.8) is 0 Å². The van der Waals surface area contributed by atoms with Gasteiger partial charge in [-0.25, -0.2) is 0 Å². The molecule has 1 aliphatic rings. The van der Waals surface area contributed by atoms with Crippen molar-refractivity contribution >= 4 is 46.0 Å². The van der Waals surface area contributed by atoms with Crippen LogP contribution in [0.5, 0.6) is 0 Å². The molecule has 2 aromatic carbocycles. The van der Waals surface area contributed by atoms with Gasteiger partial charge in [0.25, 0.3) is 0 Å². The van der Waals surface area contributed by atoms with Crippen LogP contribution >= 0.6 is 40.3 Å². The van der Waals surface area contributed by atoms with E-state index in [-0.39, 0.29) is 17.0 Å². The van der Waals surface area contributed by atoms with Crippen molar-refractivity contribution in [2.75, 3.05) is 31.1 Å². The number of para-hydroxylation sites is 1. The Bertz CT molecular complexity index is 672. The lowest BCUT2D eigenvalue weighted by molar-refractivity contribution is 0.587. The van der Waals surface area contributed by atoms with Crippen LogP contribution in [0.1, 0.15) is 11.1 Å². The average molecular weight is 414 g/mol. The normalized spacial score (nSPS) is 14.5. The minimum Gasteiger partial charge on any atom is -0.368 e. The molecule has 0 unspecified atom stereocenters. The van der Waals surface area contributed by atoms with Crippen LogP contribution in [0.2, 0.25) is 5.02 Å². The number of hydrogen-bond acceptors (Lipinski definition) is 3. The maximum Gasteiger partial charge on any atom is 0.0508 e. The predicted molar refractivity (Wildman–Crippen MR) is 107 cm³/mol. The topological polar surface area (TPSA) is 15.3 Å². The molecule has 1 aliphatic heterocycles. The maximum absolute atomic E-state index is 6.41. The maximum atomic E-state index is 6.41. The van der Waals surface area contributed by atoms with Crippen LogP contribution in [0, 0.1) is 13.8 Å². The van der Waals surface area contributed by atoms with Gasteiger partial charge < -0.3 is 10.2 Å². The number of benzene rings is 2. The molecule has 0 atom stereocenters. The van der Waals surface area contributed by atoms with Gasteiger partial charge in [0.1, 0.15) is 0 Å². The van der Waals surface area contributed by atoms with E-state index in [0.29, 0.717) is 0 Å². The van der Waals surface area contributed by atoms with Gasteiger partial charge in [0.2, 0.25) is 0 Å². The lowest BCUT2D eigenvalue weighted by Gasteiger charge is -2.31. The van der Waals surface area contributed by atoms with Crippen LogP contribution in [-0.2, 0) is 0 Å². The summed E-state index contributed by atoms with van der Waals surface area (Å²) in [5.74, 6) is 0. The second-order valence-electron chi connectivity index (χ2n) is 5.63. The Labute approximate surface area is 158 Å². The summed E-state index contributed by atoms with van der Waals surface area (Å²) in [5.41, 5.74) is 3.63. The average Bonchev–Trinajstić information content (AvgIpc) is 2.57. The predicted octanol–water partition coefficient (Wildman–Crippen LogP) is 5.10. The number of piperazine rings is 1. The number of nitrogens with one attached hydrogen (secondary N) is 1. The molecule has 0 saturated carbocycles. The second kappa shape index (κ2) is 8.43. The fraction of sp³-hybridized carbons (Fsp3) is 0.333. The molecule has 1 fully saturated rings. The summed E-state index contributed by atoms with van der Waals surface area (Å²) in [6, 6.07) is 12.9. The first-order chi connectivity index (χ1) is 10.7. The number of hydrogen-bond donors (Lipinski definition) is 1. The summed E-state index contributed by atoms with van der Waals surface area (Å²) in [4.78, 5) is 5.00. The third-order valence-corrected chi connectivity index (χ3v) is 5.88. The molecular weight excluding hydrogens is 392 g/mol. The SMILES string of the molecule is Br.Cc1ccc(Sc2ccccc2N2CCNCC2)c(C)c1Cl. The molecular formula is C18H22BrClN2S. The van der Waals surface area contributed by atoms with Crippen LogP contribution in [0.25, 0.3) is 0 Å². The number of aryl methyl sites for hydroxylation is 1. The van der Waals surface area contributed by atoms with Crippen LogP contribution in [0.3, 0.4) is 0 Å². The van der Waals surface area contributed by atoms with Crippen molar-refractivity contribution in [2.24, 2.45) is 0 Å². The summed E-state index contributed by atoms with van der Waals surface area (Å²) < 4.78 is 0. The van der Waals surface area contributed by atoms with Crippen molar-refractivity contribution in [1.82, 2.24) is 5.32 Å². The van der Waals surface area contributed by atoms with E-state index in [0.717, 1.165) is 36.8 Å². The molecule has 0 spiro atoms. The van der Waals surface area contributed by atoms with Gasteiger partial charge in [-0.3, -0.25) is 0 Å². The van der Waals surface area contributed by atoms with E-state index in [1.54, 1.807) is 0 Å². The molecule has 124 valence electrons. The van der Waals surface area contributed by atoms with Crippen molar-refractivity contribution in [3.8, 4) is 0 Å². The molecule has 2 aromatic rings. The minimum absolute atomic E-state index is 0. The molecule has 0 amide bonds. The Balaban J connectivity index is 0.00000192. The van der Waals surface area contributed by atoms with Crippen molar-refractivity contribution in [2.45, 2.75) is 23.6 Å². The number of nitrogens with zero attached hydrogens (tertiary/aromatic N) is 1. The third-order valence-electron chi connectivity index (χ3n) is 4.07. The zero-order chi connectivity index (χ0) is 15.5. The van der Waals surface area contributed by atoms with Gasteiger partial charge in [-0.1, -0.05) is 41.6 Å². The quantitative estimate of drug-likeness (QED) is 0.754. The smallest absolute Gasteiger partial charge is 0.0508 e. The van der Waals surface area contributed by atoms with Gasteiger partial charge >= 0.3 is 0 Å². The molecule has 1 saturated heterocycles. The first kappa shape index (κ1) is 18.7. The monoisotopic (exact) mass is 412 g/mol. The van der Waals surface area contributed by atoms with Gasteiger partial charge in [0, 0.05) is 41.0 Å². The van der Waals surface area contributed by atoms with Crippen LogP contribution in [-0.4, -0.2) is 26.2 Å². The molecule has 0 aliphatic carbocycles. The standard InChI is InChI=1S/C18H21ClN2S.BrH/c1-13-7-8-16(14(2)18(13)19)22-17-6-4-3-5-15(17)21-11-9-20-10-12-21;/h3-8,20H,9-12H2,1-2H3;1H. The summed E-state index contributed by atoms with van der Waals surface area (Å²) >= 11 is 8.22. The van der Waals surface area contributed by atoms with E-state index in [9.17, 15) is 0 Å². The van der Waals surface area contributed by atoms with Crippen molar-refractivity contribution < 1.29 is 0 Å². The Morgan fingerprint density at radius 2 is 1.70 bits per heavy atom. The summed E-state index contributed by atoms with van der Waals surface area (Å²) in [5, 5.41) is 4.29. The van der Waals surface area contributed by atoms with Crippen LogP contribution in [0.15, 0.2) is 46.2 Å². The second-order valence-corrected chi connectivity index (χ2v) is 7.09. The van der Waals surface area contributed by atoms with E-state index in [4.69, 9.17) is 11.6 Å². The Hall–Kier alpha value is -0.680. The van der Waals surface area contributed by atoms with Gasteiger partial charge in [0.15, 0.2) is 0 Å². The zero-order valence-electron chi connectivity index (χ0n) is 13.4. The third kappa shape index (κ3) is 4.24. The number of anilines is 1. The van der Waals surface area contributed by atoms with Crippen molar-refractivity contribution in [1.29, 1.82) is 0 Å². The molecule has 3 rings (SSSR count). The van der Waals surface area contributed by atoms with E-state index >= 15 is 0 Å².